The molecule has 2 aromatic rings. The molecule has 2 aromatic carbocycles. The van der Waals surface area contributed by atoms with E-state index in [1.165, 1.54) is 0 Å². The molecule has 0 aliphatic carbocycles. The molecule has 0 fully saturated rings. The van der Waals surface area contributed by atoms with Gasteiger partial charge in [-0.1, -0.05) is 37.6 Å². The summed E-state index contributed by atoms with van der Waals surface area (Å²) in [5.74, 6) is -0.295. The third kappa shape index (κ3) is 5.95. The SMILES string of the molecule is CCCCNC(=O)c1ccccc1NC(=O)CCc1cccc(N)c1. The first-order valence-electron chi connectivity index (χ1n) is 8.61. The second-order valence-electron chi connectivity index (χ2n) is 5.95. The average Bonchev–Trinajstić information content (AvgIpc) is 2.61. The lowest BCUT2D eigenvalue weighted by molar-refractivity contribution is -0.116. The fourth-order valence-electron chi connectivity index (χ4n) is 2.48. The number of nitrogens with two attached hydrogens (primary N) is 1. The van der Waals surface area contributed by atoms with Crippen molar-refractivity contribution >= 4 is 23.2 Å². The zero-order valence-electron chi connectivity index (χ0n) is 14.5. The second kappa shape index (κ2) is 9.47. The maximum Gasteiger partial charge on any atom is 0.253 e. The van der Waals surface area contributed by atoms with E-state index in [2.05, 4.69) is 17.6 Å². The van der Waals surface area contributed by atoms with Gasteiger partial charge < -0.3 is 16.4 Å². The van der Waals surface area contributed by atoms with Crippen molar-refractivity contribution < 1.29 is 9.59 Å². The summed E-state index contributed by atoms with van der Waals surface area (Å²) in [5, 5.41) is 5.71. The Labute approximate surface area is 148 Å². The third-order valence-corrected chi connectivity index (χ3v) is 3.85. The molecule has 5 heteroatoms. The molecule has 0 aliphatic heterocycles. The second-order valence-corrected chi connectivity index (χ2v) is 5.95. The summed E-state index contributed by atoms with van der Waals surface area (Å²) in [5.41, 5.74) is 8.47. The lowest BCUT2D eigenvalue weighted by Crippen LogP contribution is -2.26. The van der Waals surface area contributed by atoms with Crippen LogP contribution in [0.25, 0.3) is 0 Å². The molecule has 25 heavy (non-hydrogen) atoms. The van der Waals surface area contributed by atoms with Gasteiger partial charge >= 0.3 is 0 Å². The van der Waals surface area contributed by atoms with Gasteiger partial charge in [-0.25, -0.2) is 0 Å². The van der Waals surface area contributed by atoms with Crippen LogP contribution in [0.5, 0.6) is 0 Å². The number of anilines is 2. The summed E-state index contributed by atoms with van der Waals surface area (Å²) in [4.78, 5) is 24.5. The molecule has 0 saturated carbocycles. The number of nitrogens with one attached hydrogen (secondary N) is 2. The minimum atomic E-state index is -0.166. The number of amides is 2. The smallest absolute Gasteiger partial charge is 0.253 e. The van der Waals surface area contributed by atoms with Gasteiger partial charge in [0.1, 0.15) is 0 Å². The van der Waals surface area contributed by atoms with Crippen molar-refractivity contribution in [2.45, 2.75) is 32.6 Å². The van der Waals surface area contributed by atoms with Crippen LogP contribution in [0.15, 0.2) is 48.5 Å². The van der Waals surface area contributed by atoms with Crippen molar-refractivity contribution in [3.63, 3.8) is 0 Å². The summed E-state index contributed by atoms with van der Waals surface area (Å²) in [6.45, 7) is 2.70. The van der Waals surface area contributed by atoms with Crippen LogP contribution in [0.4, 0.5) is 11.4 Å². The molecule has 2 amide bonds. The molecule has 0 atom stereocenters. The molecule has 0 saturated heterocycles. The number of aryl methyl sites for hydroxylation is 1. The number of para-hydroxylation sites is 1. The van der Waals surface area contributed by atoms with Crippen LogP contribution in [0.3, 0.4) is 0 Å². The van der Waals surface area contributed by atoms with E-state index >= 15 is 0 Å². The highest BCUT2D eigenvalue weighted by molar-refractivity contribution is 6.03. The van der Waals surface area contributed by atoms with E-state index in [1.54, 1.807) is 24.3 Å². The lowest BCUT2D eigenvalue weighted by atomic mass is 10.1. The zero-order chi connectivity index (χ0) is 18.1. The maximum atomic E-state index is 12.3. The Morgan fingerprint density at radius 2 is 1.88 bits per heavy atom. The van der Waals surface area contributed by atoms with Gasteiger partial charge in [0.15, 0.2) is 0 Å². The first-order valence-corrected chi connectivity index (χ1v) is 8.61. The zero-order valence-corrected chi connectivity index (χ0v) is 14.5. The molecule has 0 unspecified atom stereocenters. The number of carbonyl (C=O) groups excluding carboxylic acids is 2. The average molecular weight is 339 g/mol. The Morgan fingerprint density at radius 1 is 1.08 bits per heavy atom. The number of hydrogen-bond acceptors (Lipinski definition) is 3. The van der Waals surface area contributed by atoms with Gasteiger partial charge in [0.05, 0.1) is 11.3 Å². The molecular formula is C20H25N3O2. The van der Waals surface area contributed by atoms with Crippen molar-refractivity contribution in [1.82, 2.24) is 5.32 Å². The number of hydrogen-bond donors (Lipinski definition) is 3. The Bertz CT molecular complexity index is 728. The maximum absolute atomic E-state index is 12.3. The van der Waals surface area contributed by atoms with Gasteiger partial charge in [-0.2, -0.15) is 0 Å². The Morgan fingerprint density at radius 3 is 2.64 bits per heavy atom. The summed E-state index contributed by atoms with van der Waals surface area (Å²) in [6.07, 6.45) is 2.88. The van der Waals surface area contributed by atoms with Gasteiger partial charge in [0.2, 0.25) is 5.91 Å². The van der Waals surface area contributed by atoms with Gasteiger partial charge in [-0.3, -0.25) is 9.59 Å². The molecule has 4 N–H and O–H groups in total. The number of nitrogen functional groups attached to an aromatic ring is 1. The van der Waals surface area contributed by atoms with Crippen LogP contribution in [0.1, 0.15) is 42.1 Å². The van der Waals surface area contributed by atoms with E-state index in [0.29, 0.717) is 36.3 Å². The fourth-order valence-corrected chi connectivity index (χ4v) is 2.48. The first-order chi connectivity index (χ1) is 12.1. The third-order valence-electron chi connectivity index (χ3n) is 3.85. The normalized spacial score (nSPS) is 10.3. The van der Waals surface area contributed by atoms with E-state index in [0.717, 1.165) is 18.4 Å². The molecule has 5 nitrogen and oxygen atoms in total. The molecule has 0 bridgehead atoms. The van der Waals surface area contributed by atoms with Crippen molar-refractivity contribution in [1.29, 1.82) is 0 Å². The van der Waals surface area contributed by atoms with Crippen LogP contribution in [0, 0.1) is 0 Å². The van der Waals surface area contributed by atoms with Crippen LogP contribution >= 0.6 is 0 Å². The quantitative estimate of drug-likeness (QED) is 0.509. The Balaban J connectivity index is 1.95. The minimum absolute atomic E-state index is 0.128. The summed E-state index contributed by atoms with van der Waals surface area (Å²) >= 11 is 0. The summed E-state index contributed by atoms with van der Waals surface area (Å²) < 4.78 is 0. The van der Waals surface area contributed by atoms with Crippen molar-refractivity contribution in [3.8, 4) is 0 Å². The highest BCUT2D eigenvalue weighted by atomic mass is 16.2. The van der Waals surface area contributed by atoms with Crippen LogP contribution < -0.4 is 16.4 Å². The van der Waals surface area contributed by atoms with E-state index < -0.39 is 0 Å². The minimum Gasteiger partial charge on any atom is -0.399 e. The molecule has 2 rings (SSSR count). The number of rotatable bonds is 8. The van der Waals surface area contributed by atoms with Gasteiger partial charge in [0, 0.05) is 18.7 Å². The predicted molar refractivity (Wildman–Crippen MR) is 101 cm³/mol. The number of benzene rings is 2. The first kappa shape index (κ1) is 18.5. The summed E-state index contributed by atoms with van der Waals surface area (Å²) in [6, 6.07) is 14.5. The number of carbonyl (C=O) groups is 2. The molecule has 132 valence electrons. The topological polar surface area (TPSA) is 84.2 Å². The Hall–Kier alpha value is -2.82. The fraction of sp³-hybridized carbons (Fsp3) is 0.300. The molecule has 0 radical (unpaired) electrons. The number of unbranched alkanes of at least 4 members (excludes halogenated alkanes) is 1. The van der Waals surface area contributed by atoms with Crippen LogP contribution in [0.2, 0.25) is 0 Å². The largest absolute Gasteiger partial charge is 0.399 e. The molecule has 0 aromatic heterocycles. The standard InChI is InChI=1S/C20H25N3O2/c1-2-3-13-22-20(25)17-9-4-5-10-18(17)23-19(24)12-11-15-7-6-8-16(21)14-15/h4-10,14H,2-3,11-13,21H2,1H3,(H,22,25)(H,23,24). The van der Waals surface area contributed by atoms with Crippen molar-refractivity contribution in [2.24, 2.45) is 0 Å². The highest BCUT2D eigenvalue weighted by Gasteiger charge is 2.12. The van der Waals surface area contributed by atoms with Crippen LogP contribution in [-0.4, -0.2) is 18.4 Å². The molecule has 0 spiro atoms. The predicted octanol–water partition coefficient (Wildman–Crippen LogP) is 3.37. The van der Waals surface area contributed by atoms with Gasteiger partial charge in [-0.05, 0) is 42.7 Å². The monoisotopic (exact) mass is 339 g/mol. The van der Waals surface area contributed by atoms with E-state index in [4.69, 9.17) is 5.73 Å². The summed E-state index contributed by atoms with van der Waals surface area (Å²) in [7, 11) is 0. The van der Waals surface area contributed by atoms with E-state index in [9.17, 15) is 9.59 Å². The van der Waals surface area contributed by atoms with Crippen LogP contribution in [-0.2, 0) is 11.2 Å². The van der Waals surface area contributed by atoms with Crippen molar-refractivity contribution in [3.05, 3.63) is 59.7 Å². The van der Waals surface area contributed by atoms with Gasteiger partial charge in [-0.15, -0.1) is 0 Å². The molecule has 0 heterocycles. The Kier molecular flexibility index (Phi) is 7.01. The molecule has 0 aliphatic rings. The van der Waals surface area contributed by atoms with E-state index in [-0.39, 0.29) is 11.8 Å². The highest BCUT2D eigenvalue weighted by Crippen LogP contribution is 2.16. The molecular weight excluding hydrogens is 314 g/mol. The van der Waals surface area contributed by atoms with Gasteiger partial charge in [0.25, 0.3) is 5.91 Å². The van der Waals surface area contributed by atoms with E-state index in [1.807, 2.05) is 24.3 Å². The van der Waals surface area contributed by atoms with Crippen molar-refractivity contribution in [2.75, 3.05) is 17.6 Å². The lowest BCUT2D eigenvalue weighted by Gasteiger charge is -2.11.